The minimum absolute atomic E-state index is 0.0556. The summed E-state index contributed by atoms with van der Waals surface area (Å²) >= 11 is 6.14. The molecular weight excluding hydrogens is 448 g/mol. The summed E-state index contributed by atoms with van der Waals surface area (Å²) in [6.45, 7) is 7.17. The minimum Gasteiger partial charge on any atom is -0.352 e. The van der Waals surface area contributed by atoms with E-state index in [1.54, 1.807) is 0 Å². The van der Waals surface area contributed by atoms with Crippen molar-refractivity contribution >= 4 is 27.5 Å². The lowest BCUT2D eigenvalue weighted by Crippen LogP contribution is -2.30. The van der Waals surface area contributed by atoms with Gasteiger partial charge in [0.05, 0.1) is 10.7 Å². The maximum atomic E-state index is 12.8. The monoisotopic (exact) mass is 474 g/mol. The number of aryl methyl sites for hydroxylation is 2. The number of sulfonamides is 1. The lowest BCUT2D eigenvalue weighted by atomic mass is 10.1. The first-order valence-corrected chi connectivity index (χ1v) is 12.1. The fourth-order valence-electron chi connectivity index (χ4n) is 3.29. The molecule has 1 unspecified atom stereocenters. The number of amides is 1. The Kier molecular flexibility index (Phi) is 7.71. The number of carbonyl (C=O) groups excluding carboxylic acids is 1. The molecule has 7 nitrogen and oxygen atoms in total. The summed E-state index contributed by atoms with van der Waals surface area (Å²) < 4.78 is 30.0. The Morgan fingerprint density at radius 3 is 2.50 bits per heavy atom. The van der Waals surface area contributed by atoms with Gasteiger partial charge in [0.15, 0.2) is 0 Å². The van der Waals surface area contributed by atoms with E-state index in [1.165, 1.54) is 18.2 Å². The van der Waals surface area contributed by atoms with Crippen LogP contribution in [0, 0.1) is 19.8 Å². The Balaban J connectivity index is 1.64. The van der Waals surface area contributed by atoms with Crippen LogP contribution < -0.4 is 10.0 Å². The quantitative estimate of drug-likeness (QED) is 0.494. The maximum Gasteiger partial charge on any atom is 0.251 e. The molecule has 1 amide bonds. The average Bonchev–Trinajstić information content (AvgIpc) is 3.08. The molecule has 0 saturated carbocycles. The van der Waals surface area contributed by atoms with Crippen LogP contribution in [0.2, 0.25) is 5.02 Å². The SMILES string of the molecule is Cc1cc(C)n(CC(C)CNC(=O)c2ccc(Cl)c(S(=O)(=O)NCc3ccccc3)c2)n1. The van der Waals surface area contributed by atoms with E-state index >= 15 is 0 Å². The van der Waals surface area contributed by atoms with Gasteiger partial charge in [0.2, 0.25) is 10.0 Å². The number of nitrogens with zero attached hydrogens (tertiary/aromatic N) is 2. The molecule has 3 rings (SSSR count). The predicted molar refractivity (Wildman–Crippen MR) is 125 cm³/mol. The zero-order chi connectivity index (χ0) is 23.3. The van der Waals surface area contributed by atoms with E-state index in [9.17, 15) is 13.2 Å². The largest absolute Gasteiger partial charge is 0.352 e. The fourth-order valence-corrected chi connectivity index (χ4v) is 4.83. The van der Waals surface area contributed by atoms with Gasteiger partial charge in [-0.1, -0.05) is 48.9 Å². The molecule has 0 spiro atoms. The first-order valence-electron chi connectivity index (χ1n) is 10.3. The zero-order valence-electron chi connectivity index (χ0n) is 18.3. The smallest absolute Gasteiger partial charge is 0.251 e. The van der Waals surface area contributed by atoms with Crippen molar-refractivity contribution in [1.82, 2.24) is 19.8 Å². The maximum absolute atomic E-state index is 12.8. The topological polar surface area (TPSA) is 93.1 Å². The summed E-state index contributed by atoms with van der Waals surface area (Å²) in [5.41, 5.74) is 3.07. The minimum atomic E-state index is -3.89. The van der Waals surface area contributed by atoms with Crippen LogP contribution in [-0.4, -0.2) is 30.7 Å². The summed E-state index contributed by atoms with van der Waals surface area (Å²) in [5, 5.41) is 7.36. The van der Waals surface area contributed by atoms with E-state index < -0.39 is 10.0 Å². The zero-order valence-corrected chi connectivity index (χ0v) is 19.9. The number of hydrogen-bond donors (Lipinski definition) is 2. The van der Waals surface area contributed by atoms with Gasteiger partial charge in [0.25, 0.3) is 5.91 Å². The predicted octanol–water partition coefficient (Wildman–Crippen LogP) is 3.70. The van der Waals surface area contributed by atoms with Gasteiger partial charge in [0.1, 0.15) is 4.90 Å². The number of halogens is 1. The van der Waals surface area contributed by atoms with Crippen LogP contribution in [-0.2, 0) is 23.1 Å². The van der Waals surface area contributed by atoms with Gasteiger partial charge in [0, 0.05) is 30.9 Å². The van der Waals surface area contributed by atoms with Crippen molar-refractivity contribution in [2.75, 3.05) is 6.54 Å². The van der Waals surface area contributed by atoms with Gasteiger partial charge in [-0.05, 0) is 49.6 Å². The van der Waals surface area contributed by atoms with E-state index in [-0.39, 0.29) is 33.9 Å². The second-order valence-electron chi connectivity index (χ2n) is 7.88. The molecule has 1 heterocycles. The highest BCUT2D eigenvalue weighted by atomic mass is 35.5. The number of benzene rings is 2. The Bertz CT molecular complexity index is 1190. The molecule has 2 N–H and O–H groups in total. The molecule has 0 aliphatic rings. The van der Waals surface area contributed by atoms with Crippen molar-refractivity contribution in [3.63, 3.8) is 0 Å². The Morgan fingerprint density at radius 2 is 1.84 bits per heavy atom. The van der Waals surface area contributed by atoms with Crippen LogP contribution >= 0.6 is 11.6 Å². The first-order chi connectivity index (χ1) is 15.2. The van der Waals surface area contributed by atoms with Gasteiger partial charge < -0.3 is 5.32 Å². The Morgan fingerprint density at radius 1 is 1.12 bits per heavy atom. The first kappa shape index (κ1) is 24.0. The summed E-state index contributed by atoms with van der Waals surface area (Å²) in [5.74, 6) is -0.221. The molecule has 0 aliphatic carbocycles. The van der Waals surface area contributed by atoms with Crippen LogP contribution in [0.25, 0.3) is 0 Å². The molecule has 1 atom stereocenters. The van der Waals surface area contributed by atoms with Crippen LogP contribution in [0.15, 0.2) is 59.5 Å². The van der Waals surface area contributed by atoms with Gasteiger partial charge in [-0.2, -0.15) is 5.10 Å². The van der Waals surface area contributed by atoms with E-state index in [0.29, 0.717) is 13.1 Å². The molecular formula is C23H27ClN4O3S. The van der Waals surface area contributed by atoms with E-state index in [1.807, 2.05) is 61.9 Å². The second kappa shape index (κ2) is 10.3. The Labute approximate surface area is 193 Å². The summed E-state index contributed by atoms with van der Waals surface area (Å²) in [6.07, 6.45) is 0. The fraction of sp³-hybridized carbons (Fsp3) is 0.304. The lowest BCUT2D eigenvalue weighted by Gasteiger charge is -2.15. The average molecular weight is 475 g/mol. The molecule has 1 aromatic heterocycles. The molecule has 3 aromatic rings. The van der Waals surface area contributed by atoms with Crippen molar-refractivity contribution in [3.8, 4) is 0 Å². The third-order valence-electron chi connectivity index (χ3n) is 4.99. The normalized spacial score (nSPS) is 12.5. The summed E-state index contributed by atoms with van der Waals surface area (Å²) in [7, 11) is -3.89. The van der Waals surface area contributed by atoms with Crippen molar-refractivity contribution in [3.05, 3.63) is 82.1 Å². The molecule has 0 saturated heterocycles. The second-order valence-corrected chi connectivity index (χ2v) is 10.0. The molecule has 0 aliphatic heterocycles. The number of rotatable bonds is 9. The van der Waals surface area contributed by atoms with Gasteiger partial charge in [-0.25, -0.2) is 13.1 Å². The van der Waals surface area contributed by atoms with Gasteiger partial charge >= 0.3 is 0 Å². The number of aromatic nitrogens is 2. The van der Waals surface area contributed by atoms with Crippen LogP contribution in [0.1, 0.15) is 34.2 Å². The standard InChI is InChI=1S/C23H27ClN4O3S/c1-16(15-28-18(3)11-17(2)27-28)13-25-23(29)20-9-10-21(24)22(12-20)32(30,31)26-14-19-7-5-4-6-8-19/h4-12,16,26H,13-15H2,1-3H3,(H,25,29). The highest BCUT2D eigenvalue weighted by molar-refractivity contribution is 7.89. The number of nitrogens with one attached hydrogen (secondary N) is 2. The van der Waals surface area contributed by atoms with Crippen LogP contribution in [0.4, 0.5) is 0 Å². The molecule has 170 valence electrons. The molecule has 0 radical (unpaired) electrons. The lowest BCUT2D eigenvalue weighted by molar-refractivity contribution is 0.0946. The summed E-state index contributed by atoms with van der Waals surface area (Å²) in [6, 6.07) is 15.4. The van der Waals surface area contributed by atoms with Crippen LogP contribution in [0.5, 0.6) is 0 Å². The van der Waals surface area contributed by atoms with Gasteiger partial charge in [-0.15, -0.1) is 0 Å². The highest BCUT2D eigenvalue weighted by Crippen LogP contribution is 2.23. The molecule has 2 aromatic carbocycles. The molecule has 0 fully saturated rings. The number of carbonyl (C=O) groups is 1. The van der Waals surface area contributed by atoms with Crippen molar-refractivity contribution in [2.24, 2.45) is 5.92 Å². The third-order valence-corrected chi connectivity index (χ3v) is 6.87. The molecule has 32 heavy (non-hydrogen) atoms. The third kappa shape index (κ3) is 6.18. The molecule has 0 bridgehead atoms. The van der Waals surface area contributed by atoms with Crippen molar-refractivity contribution in [1.29, 1.82) is 0 Å². The van der Waals surface area contributed by atoms with E-state index in [2.05, 4.69) is 15.1 Å². The molecule has 9 heteroatoms. The van der Waals surface area contributed by atoms with E-state index in [0.717, 1.165) is 17.0 Å². The van der Waals surface area contributed by atoms with Crippen LogP contribution in [0.3, 0.4) is 0 Å². The highest BCUT2D eigenvalue weighted by Gasteiger charge is 2.20. The van der Waals surface area contributed by atoms with Crippen molar-refractivity contribution < 1.29 is 13.2 Å². The van der Waals surface area contributed by atoms with Crippen molar-refractivity contribution in [2.45, 2.75) is 38.8 Å². The Hall–Kier alpha value is -2.68. The number of hydrogen-bond acceptors (Lipinski definition) is 4. The van der Waals surface area contributed by atoms with E-state index in [4.69, 9.17) is 11.6 Å². The summed E-state index contributed by atoms with van der Waals surface area (Å²) in [4.78, 5) is 12.5. The van der Waals surface area contributed by atoms with Gasteiger partial charge in [-0.3, -0.25) is 9.48 Å².